The Balaban J connectivity index is 1.60. The summed E-state index contributed by atoms with van der Waals surface area (Å²) in [5.74, 6) is 0.645. The van der Waals surface area contributed by atoms with Crippen molar-refractivity contribution in [1.29, 1.82) is 0 Å². The lowest BCUT2D eigenvalue weighted by Crippen LogP contribution is -2.18. The second-order valence-electron chi connectivity index (χ2n) is 8.17. The number of para-hydroxylation sites is 1. The molecule has 36 heavy (non-hydrogen) atoms. The van der Waals surface area contributed by atoms with E-state index in [1.807, 2.05) is 53.1 Å². The van der Waals surface area contributed by atoms with Gasteiger partial charge in [0.1, 0.15) is 5.69 Å². The Hall–Kier alpha value is -4.85. The van der Waals surface area contributed by atoms with Crippen LogP contribution in [-0.2, 0) is 6.54 Å². The van der Waals surface area contributed by atoms with Crippen LogP contribution < -0.4 is 20.3 Å². The monoisotopic (exact) mass is 480 g/mol. The Labute approximate surface area is 207 Å². The number of carbonyl (C=O) groups is 1. The molecule has 180 valence electrons. The van der Waals surface area contributed by atoms with E-state index in [-0.39, 0.29) is 11.1 Å². The number of nitrogens with zero attached hydrogens (tertiary/aromatic N) is 3. The van der Waals surface area contributed by atoms with Gasteiger partial charge in [-0.3, -0.25) is 9.59 Å². The maximum atomic E-state index is 13.5. The maximum absolute atomic E-state index is 13.5. The number of hydrogen-bond acceptors (Lipinski definition) is 5. The minimum atomic E-state index is -0.396. The minimum absolute atomic E-state index is 0.282. The van der Waals surface area contributed by atoms with Gasteiger partial charge in [0.25, 0.3) is 11.5 Å². The van der Waals surface area contributed by atoms with Crippen molar-refractivity contribution in [3.8, 4) is 28.4 Å². The normalized spacial score (nSPS) is 10.8. The van der Waals surface area contributed by atoms with Crippen LogP contribution in [0.2, 0.25) is 0 Å². The molecule has 0 unspecified atom stereocenters. The number of ether oxygens (including phenoxy) is 2. The molecule has 8 heteroatoms. The van der Waals surface area contributed by atoms with Crippen LogP contribution in [0.1, 0.15) is 15.9 Å². The molecule has 0 aromatic heterocycles. The highest BCUT2D eigenvalue weighted by Crippen LogP contribution is 2.30. The third-order valence-corrected chi connectivity index (χ3v) is 5.82. The molecular formula is C28H24N4O4. The lowest BCUT2D eigenvalue weighted by molar-refractivity contribution is 0.102. The molecule has 1 N–H and O–H groups in total. The van der Waals surface area contributed by atoms with E-state index < -0.39 is 5.91 Å². The third-order valence-electron chi connectivity index (χ3n) is 5.82. The number of aromatic nitrogens is 3. The smallest absolute Gasteiger partial charge is 0.282 e. The topological polar surface area (TPSA) is 87.4 Å². The van der Waals surface area contributed by atoms with Gasteiger partial charge in [0.05, 0.1) is 31.0 Å². The molecule has 8 nitrogen and oxygen atoms in total. The maximum Gasteiger partial charge on any atom is 0.282 e. The SMILES string of the molecule is COc1ccc(NC(=O)c2cn(Cc3ccccc3)cc3c(=O)n(-c4ccccc4)nc2-3)cc1OC. The van der Waals surface area contributed by atoms with E-state index in [4.69, 9.17) is 9.47 Å². The standard InChI is InChI=1S/C28H24N4O4/c1-35-24-14-13-20(15-25(24)36-2)29-27(33)22-17-31(16-19-9-5-3-6-10-19)18-23-26(22)30-32(28(23)34)21-11-7-4-8-12-21/h3-15,17-18H,16H2,1-2H3,(H,29,33). The first-order valence-corrected chi connectivity index (χ1v) is 11.3. The van der Waals surface area contributed by atoms with Gasteiger partial charge < -0.3 is 19.4 Å². The van der Waals surface area contributed by atoms with Gasteiger partial charge in [-0.25, -0.2) is 0 Å². The fourth-order valence-corrected chi connectivity index (χ4v) is 4.07. The second-order valence-corrected chi connectivity index (χ2v) is 8.17. The zero-order valence-electron chi connectivity index (χ0n) is 19.8. The Morgan fingerprint density at radius 2 is 1.58 bits per heavy atom. The summed E-state index contributed by atoms with van der Waals surface area (Å²) >= 11 is 0. The fraction of sp³-hybridized carbons (Fsp3) is 0.107. The van der Waals surface area contributed by atoms with Crippen LogP contribution in [0.4, 0.5) is 5.69 Å². The van der Waals surface area contributed by atoms with Crippen LogP contribution in [0.15, 0.2) is 96.1 Å². The van der Waals surface area contributed by atoms with Crippen LogP contribution in [0.5, 0.6) is 11.5 Å². The number of amides is 1. The summed E-state index contributed by atoms with van der Waals surface area (Å²) in [6.07, 6.45) is 3.46. The van der Waals surface area contributed by atoms with Crippen LogP contribution in [-0.4, -0.2) is 34.5 Å². The summed E-state index contributed by atoms with van der Waals surface area (Å²) < 4.78 is 13.8. The number of rotatable bonds is 7. The molecule has 5 rings (SSSR count). The number of methoxy groups -OCH3 is 2. The summed E-state index contributed by atoms with van der Waals surface area (Å²) in [5, 5.41) is 7.44. The summed E-state index contributed by atoms with van der Waals surface area (Å²) in [7, 11) is 3.08. The number of benzene rings is 3. The lowest BCUT2D eigenvalue weighted by Gasteiger charge is -2.14. The Kier molecular flexibility index (Phi) is 6.23. The summed E-state index contributed by atoms with van der Waals surface area (Å²) in [6.45, 7) is 0.489. The predicted molar refractivity (Wildman–Crippen MR) is 137 cm³/mol. The molecule has 0 saturated carbocycles. The molecule has 0 bridgehead atoms. The van der Waals surface area contributed by atoms with Gasteiger partial charge in [-0.15, -0.1) is 0 Å². The molecule has 2 heterocycles. The average molecular weight is 481 g/mol. The molecule has 0 spiro atoms. The molecule has 0 fully saturated rings. The molecule has 3 aromatic rings. The van der Waals surface area contributed by atoms with Crippen molar-refractivity contribution >= 4 is 11.6 Å². The summed E-state index contributed by atoms with van der Waals surface area (Å²) in [4.78, 5) is 26.8. The first-order chi connectivity index (χ1) is 17.6. The van der Waals surface area contributed by atoms with Crippen LogP contribution >= 0.6 is 0 Å². The summed E-state index contributed by atoms with van der Waals surface area (Å²) in [5.41, 5.74) is 2.86. The number of hydrogen-bond donors (Lipinski definition) is 1. The largest absolute Gasteiger partial charge is 0.493 e. The van der Waals surface area contributed by atoms with Crippen molar-refractivity contribution in [1.82, 2.24) is 14.3 Å². The molecule has 1 amide bonds. The van der Waals surface area contributed by atoms with Gasteiger partial charge in [0.15, 0.2) is 11.5 Å². The van der Waals surface area contributed by atoms with E-state index >= 15 is 0 Å². The van der Waals surface area contributed by atoms with E-state index in [0.29, 0.717) is 40.7 Å². The zero-order valence-corrected chi connectivity index (χ0v) is 19.8. The van der Waals surface area contributed by atoms with Gasteiger partial charge in [0, 0.05) is 30.7 Å². The quantitative estimate of drug-likeness (QED) is 0.372. The van der Waals surface area contributed by atoms with Crippen molar-refractivity contribution in [2.24, 2.45) is 0 Å². The van der Waals surface area contributed by atoms with Crippen molar-refractivity contribution in [3.05, 3.63) is 113 Å². The molecule has 0 aliphatic carbocycles. The lowest BCUT2D eigenvalue weighted by atomic mass is 10.1. The van der Waals surface area contributed by atoms with Crippen molar-refractivity contribution in [2.45, 2.75) is 6.54 Å². The van der Waals surface area contributed by atoms with Gasteiger partial charge in [0.2, 0.25) is 0 Å². The van der Waals surface area contributed by atoms with Gasteiger partial charge in [-0.1, -0.05) is 48.5 Å². The van der Waals surface area contributed by atoms with E-state index in [0.717, 1.165) is 5.56 Å². The summed E-state index contributed by atoms with van der Waals surface area (Å²) in [6, 6.07) is 24.1. The minimum Gasteiger partial charge on any atom is -0.493 e. The second kappa shape index (κ2) is 9.79. The van der Waals surface area contributed by atoms with E-state index in [1.165, 1.54) is 11.8 Å². The molecule has 2 aliphatic rings. The number of nitrogens with one attached hydrogen (secondary N) is 1. The Morgan fingerprint density at radius 3 is 2.28 bits per heavy atom. The zero-order chi connectivity index (χ0) is 25.1. The van der Waals surface area contributed by atoms with Gasteiger partial charge in [-0.2, -0.15) is 9.78 Å². The van der Waals surface area contributed by atoms with Crippen molar-refractivity contribution in [2.75, 3.05) is 19.5 Å². The van der Waals surface area contributed by atoms with Crippen LogP contribution in [0.3, 0.4) is 0 Å². The van der Waals surface area contributed by atoms with Gasteiger partial charge >= 0.3 is 0 Å². The predicted octanol–water partition coefficient (Wildman–Crippen LogP) is 4.46. The highest BCUT2D eigenvalue weighted by molar-refractivity contribution is 6.08. The van der Waals surface area contributed by atoms with E-state index in [1.54, 1.807) is 49.8 Å². The van der Waals surface area contributed by atoms with E-state index in [9.17, 15) is 9.59 Å². The third kappa shape index (κ3) is 4.44. The Bertz CT molecular complexity index is 1540. The average Bonchev–Trinajstić information content (AvgIpc) is 3.25. The molecule has 0 saturated heterocycles. The van der Waals surface area contributed by atoms with Crippen molar-refractivity contribution in [3.63, 3.8) is 0 Å². The fourth-order valence-electron chi connectivity index (χ4n) is 4.07. The number of anilines is 1. The highest BCUT2D eigenvalue weighted by atomic mass is 16.5. The molecule has 3 aromatic carbocycles. The van der Waals surface area contributed by atoms with Gasteiger partial charge in [-0.05, 0) is 29.8 Å². The molecule has 0 atom stereocenters. The molecule has 0 radical (unpaired) electrons. The number of fused-ring (bicyclic) bond motifs is 1. The van der Waals surface area contributed by atoms with Crippen LogP contribution in [0.25, 0.3) is 16.9 Å². The number of carbonyl (C=O) groups excluding carboxylic acids is 1. The van der Waals surface area contributed by atoms with Crippen LogP contribution in [0, 0.1) is 0 Å². The molecular weight excluding hydrogens is 456 g/mol. The first-order valence-electron chi connectivity index (χ1n) is 11.3. The first kappa shape index (κ1) is 22.9. The highest BCUT2D eigenvalue weighted by Gasteiger charge is 2.25. The van der Waals surface area contributed by atoms with E-state index in [2.05, 4.69) is 10.4 Å². The molecule has 2 aliphatic heterocycles. The Morgan fingerprint density at radius 1 is 0.889 bits per heavy atom. The number of pyridine rings is 1. The van der Waals surface area contributed by atoms with Crippen molar-refractivity contribution < 1.29 is 14.3 Å².